The van der Waals surface area contributed by atoms with Crippen LogP contribution in [0.3, 0.4) is 0 Å². The number of aromatic nitrogens is 5. The molecule has 1 aliphatic rings. The van der Waals surface area contributed by atoms with Crippen molar-refractivity contribution in [3.8, 4) is 5.69 Å². The number of nitrogens with zero attached hydrogens (tertiary/aromatic N) is 6. The lowest BCUT2D eigenvalue weighted by molar-refractivity contribution is 0.123. The van der Waals surface area contributed by atoms with Crippen LogP contribution in [0.2, 0.25) is 0 Å². The summed E-state index contributed by atoms with van der Waals surface area (Å²) >= 11 is 0. The average Bonchev–Trinajstić information content (AvgIpc) is 3.29. The summed E-state index contributed by atoms with van der Waals surface area (Å²) in [5, 5.41) is 4.40. The molecule has 0 radical (unpaired) electrons. The molecule has 2 unspecified atom stereocenters. The van der Waals surface area contributed by atoms with E-state index < -0.39 is 0 Å². The maximum absolute atomic E-state index is 4.48. The predicted molar refractivity (Wildman–Crippen MR) is 91.7 cm³/mol. The molecule has 24 heavy (non-hydrogen) atoms. The van der Waals surface area contributed by atoms with Gasteiger partial charge in [-0.3, -0.25) is 4.90 Å². The number of benzene rings is 1. The van der Waals surface area contributed by atoms with Crippen molar-refractivity contribution in [1.29, 1.82) is 0 Å². The highest BCUT2D eigenvalue weighted by Crippen LogP contribution is 2.28. The Morgan fingerprint density at radius 2 is 2.08 bits per heavy atom. The van der Waals surface area contributed by atoms with Gasteiger partial charge < -0.3 is 4.57 Å². The summed E-state index contributed by atoms with van der Waals surface area (Å²) in [6, 6.07) is 10.7. The highest BCUT2D eigenvalue weighted by molar-refractivity contribution is 5.30. The van der Waals surface area contributed by atoms with Crippen LogP contribution in [-0.4, -0.2) is 42.3 Å². The Morgan fingerprint density at radius 3 is 2.88 bits per heavy atom. The number of rotatable bonds is 4. The van der Waals surface area contributed by atoms with E-state index >= 15 is 0 Å². The first kappa shape index (κ1) is 15.1. The summed E-state index contributed by atoms with van der Waals surface area (Å²) in [5.41, 5.74) is 1.06. The van der Waals surface area contributed by atoms with E-state index in [1.807, 2.05) is 35.4 Å². The van der Waals surface area contributed by atoms with Crippen LogP contribution in [0.4, 0.5) is 0 Å². The molecule has 1 saturated heterocycles. The number of likely N-dealkylation sites (tertiary alicyclic amines) is 1. The van der Waals surface area contributed by atoms with Gasteiger partial charge in [-0.2, -0.15) is 5.10 Å². The maximum atomic E-state index is 4.48. The van der Waals surface area contributed by atoms with Crippen LogP contribution in [-0.2, 0) is 6.54 Å². The van der Waals surface area contributed by atoms with E-state index in [0.29, 0.717) is 12.0 Å². The van der Waals surface area contributed by atoms with E-state index in [1.54, 1.807) is 6.33 Å². The molecule has 3 heterocycles. The van der Waals surface area contributed by atoms with Crippen LogP contribution in [0.5, 0.6) is 0 Å². The molecule has 0 amide bonds. The minimum Gasteiger partial charge on any atom is -0.333 e. The van der Waals surface area contributed by atoms with Gasteiger partial charge in [0.1, 0.15) is 12.2 Å². The molecular weight excluding hydrogens is 300 g/mol. The summed E-state index contributed by atoms with van der Waals surface area (Å²) < 4.78 is 4.17. The minimum atomic E-state index is 0.467. The summed E-state index contributed by atoms with van der Waals surface area (Å²) in [6.07, 6.45) is 8.68. The SMILES string of the molecule is CC1CCN(Cc2ncnn2-c2ccccc2)CC1n1ccnc1. The zero-order valence-electron chi connectivity index (χ0n) is 13.9. The van der Waals surface area contributed by atoms with Crippen molar-refractivity contribution in [2.45, 2.75) is 25.9 Å². The van der Waals surface area contributed by atoms with Gasteiger partial charge in [0.15, 0.2) is 0 Å². The quantitative estimate of drug-likeness (QED) is 0.741. The standard InChI is InChI=1S/C18H22N6/c1-15-7-9-22(11-17(15)23-10-8-19-14-23)12-18-20-13-21-24(18)16-5-3-2-4-6-16/h2-6,8,10,13-15,17H,7,9,11-12H2,1H3. The molecule has 6 nitrogen and oxygen atoms in total. The Hall–Kier alpha value is -2.47. The first-order valence-corrected chi connectivity index (χ1v) is 8.45. The highest BCUT2D eigenvalue weighted by Gasteiger charge is 2.28. The van der Waals surface area contributed by atoms with Gasteiger partial charge >= 0.3 is 0 Å². The molecule has 3 aromatic rings. The molecule has 2 atom stereocenters. The van der Waals surface area contributed by atoms with E-state index in [4.69, 9.17) is 0 Å². The summed E-state index contributed by atoms with van der Waals surface area (Å²) in [4.78, 5) is 11.2. The van der Waals surface area contributed by atoms with Crippen molar-refractivity contribution in [2.24, 2.45) is 5.92 Å². The van der Waals surface area contributed by atoms with Crippen LogP contribution in [0.1, 0.15) is 25.2 Å². The summed E-state index contributed by atoms with van der Waals surface area (Å²) in [7, 11) is 0. The summed E-state index contributed by atoms with van der Waals surface area (Å²) in [6.45, 7) is 5.24. The number of hydrogen-bond acceptors (Lipinski definition) is 4. The largest absolute Gasteiger partial charge is 0.333 e. The number of piperidine rings is 1. The molecule has 124 valence electrons. The van der Waals surface area contributed by atoms with Crippen LogP contribution in [0.15, 0.2) is 55.4 Å². The van der Waals surface area contributed by atoms with E-state index in [0.717, 1.165) is 31.1 Å². The average molecular weight is 322 g/mol. The second-order valence-corrected chi connectivity index (χ2v) is 6.50. The lowest BCUT2D eigenvalue weighted by Crippen LogP contribution is -2.40. The zero-order valence-corrected chi connectivity index (χ0v) is 13.9. The molecule has 6 heteroatoms. The van der Waals surface area contributed by atoms with Gasteiger partial charge in [-0.15, -0.1) is 0 Å². The van der Waals surface area contributed by atoms with Gasteiger partial charge in [0.25, 0.3) is 0 Å². The smallest absolute Gasteiger partial charge is 0.146 e. The van der Waals surface area contributed by atoms with E-state index in [9.17, 15) is 0 Å². The maximum Gasteiger partial charge on any atom is 0.146 e. The van der Waals surface area contributed by atoms with Gasteiger partial charge in [-0.05, 0) is 31.0 Å². The molecule has 1 aromatic carbocycles. The third-order valence-electron chi connectivity index (χ3n) is 4.89. The van der Waals surface area contributed by atoms with Gasteiger partial charge in [-0.1, -0.05) is 25.1 Å². The van der Waals surface area contributed by atoms with Crippen molar-refractivity contribution in [3.63, 3.8) is 0 Å². The fraction of sp³-hybridized carbons (Fsp3) is 0.389. The molecule has 0 aliphatic carbocycles. The van der Waals surface area contributed by atoms with E-state index in [2.05, 4.69) is 49.8 Å². The highest BCUT2D eigenvalue weighted by atomic mass is 15.4. The molecule has 0 N–H and O–H groups in total. The topological polar surface area (TPSA) is 51.8 Å². The fourth-order valence-electron chi connectivity index (χ4n) is 3.47. The van der Waals surface area contributed by atoms with Gasteiger partial charge in [0.2, 0.25) is 0 Å². The normalized spacial score (nSPS) is 21.9. The first-order valence-electron chi connectivity index (χ1n) is 8.45. The Kier molecular flexibility index (Phi) is 4.13. The Bertz CT molecular complexity index is 764. The molecule has 1 fully saturated rings. The van der Waals surface area contributed by atoms with Crippen LogP contribution >= 0.6 is 0 Å². The molecule has 0 saturated carbocycles. The van der Waals surface area contributed by atoms with E-state index in [1.165, 1.54) is 6.42 Å². The Balaban J connectivity index is 1.51. The van der Waals surface area contributed by atoms with Crippen molar-refractivity contribution < 1.29 is 0 Å². The molecule has 0 spiro atoms. The van der Waals surface area contributed by atoms with Gasteiger partial charge in [0.05, 0.1) is 18.6 Å². The predicted octanol–water partition coefficient (Wildman–Crippen LogP) is 2.55. The Morgan fingerprint density at radius 1 is 1.21 bits per heavy atom. The first-order chi connectivity index (χ1) is 11.8. The van der Waals surface area contributed by atoms with E-state index in [-0.39, 0.29) is 0 Å². The number of para-hydroxylation sites is 1. The Labute approximate surface area is 141 Å². The third kappa shape index (κ3) is 2.97. The monoisotopic (exact) mass is 322 g/mol. The fourth-order valence-corrected chi connectivity index (χ4v) is 3.47. The van der Waals surface area contributed by atoms with Crippen LogP contribution in [0.25, 0.3) is 5.69 Å². The van der Waals surface area contributed by atoms with Crippen molar-refractivity contribution in [2.75, 3.05) is 13.1 Å². The van der Waals surface area contributed by atoms with Crippen molar-refractivity contribution in [1.82, 2.24) is 29.2 Å². The van der Waals surface area contributed by atoms with Gasteiger partial charge in [-0.25, -0.2) is 14.6 Å². The lowest BCUT2D eigenvalue weighted by Gasteiger charge is -2.37. The molecule has 1 aliphatic heterocycles. The zero-order chi connectivity index (χ0) is 16.4. The summed E-state index contributed by atoms with van der Waals surface area (Å²) in [5.74, 6) is 1.64. The minimum absolute atomic E-state index is 0.467. The lowest BCUT2D eigenvalue weighted by atomic mass is 9.93. The van der Waals surface area contributed by atoms with Gasteiger partial charge in [0, 0.05) is 25.0 Å². The second kappa shape index (κ2) is 6.57. The molecule has 2 aromatic heterocycles. The molecule has 4 rings (SSSR count). The number of hydrogen-bond donors (Lipinski definition) is 0. The van der Waals surface area contributed by atoms with Crippen molar-refractivity contribution in [3.05, 3.63) is 61.2 Å². The molecule has 0 bridgehead atoms. The van der Waals surface area contributed by atoms with Crippen LogP contribution < -0.4 is 0 Å². The second-order valence-electron chi connectivity index (χ2n) is 6.50. The van der Waals surface area contributed by atoms with Crippen molar-refractivity contribution >= 4 is 0 Å². The van der Waals surface area contributed by atoms with Crippen LogP contribution in [0, 0.1) is 5.92 Å². The molecular formula is C18H22N6. The third-order valence-corrected chi connectivity index (χ3v) is 4.89. The number of imidazole rings is 1.